The number of hydrogen-bond acceptors (Lipinski definition) is 5. The van der Waals surface area contributed by atoms with Crippen LogP contribution in [0.5, 0.6) is 5.75 Å². The standard InChI is InChI=1S/C21H29NO3S/c1-8-25-17(23)11-14-12-26-19(22-14)13-9-15(20(2,3)4)18(24)16(10-13)21(5,6)7/h9-10,12,24H,8,11H2,1-7H3. The van der Waals surface area contributed by atoms with E-state index in [-0.39, 0.29) is 23.2 Å². The van der Waals surface area contributed by atoms with E-state index in [1.54, 1.807) is 6.92 Å². The Morgan fingerprint density at radius 1 is 1.12 bits per heavy atom. The second-order valence-corrected chi connectivity index (χ2v) is 9.40. The summed E-state index contributed by atoms with van der Waals surface area (Å²) < 4.78 is 5.00. The van der Waals surface area contributed by atoms with Crippen LogP contribution in [0.15, 0.2) is 17.5 Å². The van der Waals surface area contributed by atoms with E-state index >= 15 is 0 Å². The number of phenols is 1. The molecule has 0 aliphatic rings. The van der Waals surface area contributed by atoms with Crippen molar-refractivity contribution < 1.29 is 14.6 Å². The Kier molecular flexibility index (Phi) is 5.81. The topological polar surface area (TPSA) is 59.4 Å². The maximum absolute atomic E-state index is 11.7. The van der Waals surface area contributed by atoms with Gasteiger partial charge in [-0.15, -0.1) is 11.3 Å². The lowest BCUT2D eigenvalue weighted by molar-refractivity contribution is -0.142. The van der Waals surface area contributed by atoms with Crippen LogP contribution in [-0.2, 0) is 26.8 Å². The van der Waals surface area contributed by atoms with Gasteiger partial charge in [-0.1, -0.05) is 41.5 Å². The van der Waals surface area contributed by atoms with Crippen LogP contribution < -0.4 is 0 Å². The zero-order chi connectivity index (χ0) is 19.7. The third-order valence-corrected chi connectivity index (χ3v) is 5.10. The van der Waals surface area contributed by atoms with Crippen molar-refractivity contribution >= 4 is 17.3 Å². The van der Waals surface area contributed by atoms with Gasteiger partial charge in [-0.2, -0.15) is 0 Å². The summed E-state index contributed by atoms with van der Waals surface area (Å²) in [6.07, 6.45) is 0.181. The van der Waals surface area contributed by atoms with Crippen LogP contribution in [0.1, 0.15) is 65.3 Å². The Morgan fingerprint density at radius 2 is 1.65 bits per heavy atom. The maximum Gasteiger partial charge on any atom is 0.311 e. The monoisotopic (exact) mass is 375 g/mol. The molecule has 0 unspecified atom stereocenters. The molecular formula is C21H29NO3S. The minimum atomic E-state index is -0.263. The Hall–Kier alpha value is -1.88. The van der Waals surface area contributed by atoms with Crippen molar-refractivity contribution in [3.8, 4) is 16.3 Å². The number of phenolic OH excluding ortho intramolecular Hbond substituents is 1. The summed E-state index contributed by atoms with van der Waals surface area (Å²) in [6, 6.07) is 4.02. The summed E-state index contributed by atoms with van der Waals surface area (Å²) >= 11 is 1.51. The van der Waals surface area contributed by atoms with Gasteiger partial charge in [0.1, 0.15) is 10.8 Å². The zero-order valence-electron chi connectivity index (χ0n) is 16.8. The molecule has 2 aromatic rings. The summed E-state index contributed by atoms with van der Waals surface area (Å²) in [5, 5.41) is 13.6. The van der Waals surface area contributed by atoms with Crippen LogP contribution >= 0.6 is 11.3 Å². The first-order chi connectivity index (χ1) is 11.9. The highest BCUT2D eigenvalue weighted by Crippen LogP contribution is 2.42. The third kappa shape index (κ3) is 4.64. The lowest BCUT2D eigenvalue weighted by Gasteiger charge is -2.28. The van der Waals surface area contributed by atoms with Crippen LogP contribution in [0, 0.1) is 0 Å². The molecule has 1 heterocycles. The van der Waals surface area contributed by atoms with Gasteiger partial charge < -0.3 is 9.84 Å². The van der Waals surface area contributed by atoms with Crippen LogP contribution in [0.2, 0.25) is 0 Å². The summed E-state index contributed by atoms with van der Waals surface area (Å²) in [4.78, 5) is 16.3. The normalized spacial score (nSPS) is 12.3. The quantitative estimate of drug-likeness (QED) is 0.745. The number of aromatic nitrogens is 1. The summed E-state index contributed by atoms with van der Waals surface area (Å²) in [7, 11) is 0. The molecule has 0 bridgehead atoms. The summed E-state index contributed by atoms with van der Waals surface area (Å²) in [5.41, 5.74) is 3.11. The SMILES string of the molecule is CCOC(=O)Cc1csc(-c2cc(C(C)(C)C)c(O)c(C(C)(C)C)c2)n1. The van der Waals surface area contributed by atoms with E-state index in [2.05, 4.69) is 46.5 Å². The first-order valence-corrected chi connectivity index (χ1v) is 9.79. The third-order valence-electron chi connectivity index (χ3n) is 4.16. The van der Waals surface area contributed by atoms with Crippen molar-refractivity contribution in [3.05, 3.63) is 34.3 Å². The van der Waals surface area contributed by atoms with Gasteiger partial charge in [0.05, 0.1) is 18.7 Å². The smallest absolute Gasteiger partial charge is 0.311 e. The van der Waals surface area contributed by atoms with E-state index in [0.29, 0.717) is 18.1 Å². The van der Waals surface area contributed by atoms with Crippen molar-refractivity contribution in [2.75, 3.05) is 6.61 Å². The molecule has 0 fully saturated rings. The predicted molar refractivity (Wildman–Crippen MR) is 107 cm³/mol. The molecule has 26 heavy (non-hydrogen) atoms. The van der Waals surface area contributed by atoms with Gasteiger partial charge in [0.2, 0.25) is 0 Å². The fourth-order valence-corrected chi connectivity index (χ4v) is 3.59. The molecule has 1 N–H and O–H groups in total. The molecule has 0 aliphatic carbocycles. The summed E-state index contributed by atoms with van der Waals surface area (Å²) in [6.45, 7) is 14.7. The highest BCUT2D eigenvalue weighted by atomic mass is 32.1. The zero-order valence-corrected chi connectivity index (χ0v) is 17.6. The molecule has 2 rings (SSSR count). The number of thiazole rings is 1. The number of nitrogens with zero attached hydrogens (tertiary/aromatic N) is 1. The van der Waals surface area contributed by atoms with Crippen molar-refractivity contribution in [2.24, 2.45) is 0 Å². The Morgan fingerprint density at radius 3 is 2.12 bits per heavy atom. The molecule has 0 spiro atoms. The summed E-state index contributed by atoms with van der Waals surface area (Å²) in [5.74, 6) is 0.0953. The van der Waals surface area contributed by atoms with E-state index in [1.807, 2.05) is 17.5 Å². The lowest BCUT2D eigenvalue weighted by atomic mass is 9.78. The highest BCUT2D eigenvalue weighted by molar-refractivity contribution is 7.13. The van der Waals surface area contributed by atoms with Gasteiger partial charge in [-0.05, 0) is 29.9 Å². The van der Waals surface area contributed by atoms with Crippen LogP contribution in [-0.4, -0.2) is 22.7 Å². The van der Waals surface area contributed by atoms with Gasteiger partial charge in [0.15, 0.2) is 0 Å². The Labute approximate surface area is 160 Å². The second-order valence-electron chi connectivity index (χ2n) is 8.55. The molecule has 1 aromatic carbocycles. The van der Waals surface area contributed by atoms with E-state index in [1.165, 1.54) is 11.3 Å². The fourth-order valence-electron chi connectivity index (χ4n) is 2.78. The van der Waals surface area contributed by atoms with Gasteiger partial charge in [0, 0.05) is 22.1 Å². The number of benzene rings is 1. The Bertz CT molecular complexity index is 759. The maximum atomic E-state index is 11.7. The van der Waals surface area contributed by atoms with E-state index in [4.69, 9.17) is 4.74 Å². The molecule has 5 heteroatoms. The molecule has 1 aromatic heterocycles. The molecule has 0 saturated carbocycles. The fraction of sp³-hybridized carbons (Fsp3) is 0.524. The number of carbonyl (C=O) groups excluding carboxylic acids is 1. The van der Waals surface area contributed by atoms with Crippen molar-refractivity contribution in [1.82, 2.24) is 4.98 Å². The highest BCUT2D eigenvalue weighted by Gasteiger charge is 2.27. The van der Waals surface area contributed by atoms with E-state index < -0.39 is 0 Å². The van der Waals surface area contributed by atoms with Crippen molar-refractivity contribution in [1.29, 1.82) is 0 Å². The van der Waals surface area contributed by atoms with Crippen LogP contribution in [0.25, 0.3) is 10.6 Å². The molecule has 0 radical (unpaired) electrons. The van der Waals surface area contributed by atoms with Crippen molar-refractivity contribution in [3.63, 3.8) is 0 Å². The van der Waals surface area contributed by atoms with Crippen LogP contribution in [0.3, 0.4) is 0 Å². The predicted octanol–water partition coefficient (Wildman–Crippen LogP) is 5.22. The first-order valence-electron chi connectivity index (χ1n) is 8.92. The number of aromatic hydroxyl groups is 1. The number of esters is 1. The van der Waals surface area contributed by atoms with Crippen molar-refractivity contribution in [2.45, 2.75) is 65.7 Å². The van der Waals surface area contributed by atoms with Gasteiger partial charge in [-0.25, -0.2) is 4.98 Å². The average Bonchev–Trinajstić information content (AvgIpc) is 2.93. The minimum absolute atomic E-state index is 0.181. The molecule has 0 saturated heterocycles. The molecule has 0 atom stereocenters. The minimum Gasteiger partial charge on any atom is -0.507 e. The first kappa shape index (κ1) is 20.4. The number of hydrogen-bond donors (Lipinski definition) is 1. The lowest BCUT2D eigenvalue weighted by Crippen LogP contribution is -2.17. The average molecular weight is 376 g/mol. The number of carbonyl (C=O) groups is 1. The van der Waals surface area contributed by atoms with E-state index in [9.17, 15) is 9.90 Å². The molecule has 0 aliphatic heterocycles. The van der Waals surface area contributed by atoms with E-state index in [0.717, 1.165) is 21.7 Å². The second kappa shape index (κ2) is 7.39. The molecule has 142 valence electrons. The molecule has 0 amide bonds. The van der Waals surface area contributed by atoms with Gasteiger partial charge >= 0.3 is 5.97 Å². The number of ether oxygens (including phenoxy) is 1. The van der Waals surface area contributed by atoms with Crippen LogP contribution in [0.4, 0.5) is 0 Å². The Balaban J connectivity index is 2.50. The largest absolute Gasteiger partial charge is 0.507 e. The molecular weight excluding hydrogens is 346 g/mol. The molecule has 4 nitrogen and oxygen atoms in total. The van der Waals surface area contributed by atoms with Gasteiger partial charge in [0.25, 0.3) is 0 Å². The number of rotatable bonds is 4. The van der Waals surface area contributed by atoms with Gasteiger partial charge in [-0.3, -0.25) is 4.79 Å².